The first kappa shape index (κ1) is 88.1. The van der Waals surface area contributed by atoms with Gasteiger partial charge in [-0.25, -0.2) is 0 Å². The molecule has 0 heterocycles. The van der Waals surface area contributed by atoms with Crippen molar-refractivity contribution in [2.45, 2.75) is 475 Å². The lowest BCUT2D eigenvalue weighted by Crippen LogP contribution is -2.45. The van der Waals surface area contributed by atoms with Crippen molar-refractivity contribution in [3.05, 3.63) is 36.5 Å². The average Bonchev–Trinajstić information content (AvgIpc) is 3.65. The quantitative estimate of drug-likeness (QED) is 0.0320. The zero-order valence-corrected chi connectivity index (χ0v) is 61.1. The van der Waals surface area contributed by atoms with Crippen LogP contribution in [0, 0.1) is 0 Å². The van der Waals surface area contributed by atoms with Gasteiger partial charge in [0, 0.05) is 12.8 Å². The lowest BCUT2D eigenvalue weighted by Gasteiger charge is -2.20. The molecule has 6 heteroatoms. The van der Waals surface area contributed by atoms with Crippen LogP contribution < -0.4 is 5.32 Å². The molecular formula is C84H161NO5. The van der Waals surface area contributed by atoms with E-state index in [4.69, 9.17) is 4.74 Å². The highest BCUT2D eigenvalue weighted by atomic mass is 16.5. The van der Waals surface area contributed by atoms with Crippen molar-refractivity contribution in [1.82, 2.24) is 5.32 Å². The molecule has 0 spiro atoms. The first-order valence-corrected chi connectivity index (χ1v) is 41.3. The first-order valence-electron chi connectivity index (χ1n) is 41.3. The fraction of sp³-hybridized carbons (Fsp3) is 0.905. The van der Waals surface area contributed by atoms with Gasteiger partial charge in [0.15, 0.2) is 0 Å². The molecule has 6 nitrogen and oxygen atoms in total. The number of allylic oxidation sites excluding steroid dienone is 5. The second-order valence-electron chi connectivity index (χ2n) is 28.5. The van der Waals surface area contributed by atoms with E-state index in [0.29, 0.717) is 19.4 Å². The average molecular weight is 1270 g/mol. The third-order valence-electron chi connectivity index (χ3n) is 19.4. The minimum atomic E-state index is -0.842. The zero-order chi connectivity index (χ0) is 64.9. The summed E-state index contributed by atoms with van der Waals surface area (Å²) in [7, 11) is 0. The Kier molecular flexibility index (Phi) is 77.8. The number of amides is 1. The van der Waals surface area contributed by atoms with E-state index in [1.807, 2.05) is 6.08 Å². The van der Waals surface area contributed by atoms with Gasteiger partial charge >= 0.3 is 5.97 Å². The molecule has 90 heavy (non-hydrogen) atoms. The van der Waals surface area contributed by atoms with Gasteiger partial charge in [-0.15, -0.1) is 0 Å². The fourth-order valence-electron chi connectivity index (χ4n) is 13.1. The minimum Gasteiger partial charge on any atom is -0.466 e. The Morgan fingerprint density at radius 1 is 0.311 bits per heavy atom. The van der Waals surface area contributed by atoms with Crippen molar-refractivity contribution in [2.75, 3.05) is 13.2 Å². The van der Waals surface area contributed by atoms with Crippen LogP contribution in [0.4, 0.5) is 0 Å². The lowest BCUT2D eigenvalue weighted by molar-refractivity contribution is -0.143. The topological polar surface area (TPSA) is 95.9 Å². The Morgan fingerprint density at radius 3 is 0.867 bits per heavy atom. The summed E-state index contributed by atoms with van der Waals surface area (Å²) in [6, 6.07) is -0.625. The first-order chi connectivity index (χ1) is 44.5. The summed E-state index contributed by atoms with van der Waals surface area (Å²) in [5.74, 6) is -0.0399. The van der Waals surface area contributed by atoms with Gasteiger partial charge in [0.1, 0.15) is 0 Å². The zero-order valence-electron chi connectivity index (χ0n) is 61.1. The highest BCUT2D eigenvalue weighted by Crippen LogP contribution is 2.20. The normalized spacial score (nSPS) is 12.6. The molecule has 0 saturated heterocycles. The highest BCUT2D eigenvalue weighted by molar-refractivity contribution is 5.76. The largest absolute Gasteiger partial charge is 0.466 e. The molecule has 532 valence electrons. The van der Waals surface area contributed by atoms with Gasteiger partial charge < -0.3 is 20.3 Å². The van der Waals surface area contributed by atoms with Gasteiger partial charge in [0.25, 0.3) is 0 Å². The van der Waals surface area contributed by atoms with Crippen LogP contribution in [0.1, 0.15) is 463 Å². The van der Waals surface area contributed by atoms with E-state index >= 15 is 0 Å². The summed E-state index contributed by atoms with van der Waals surface area (Å²) in [6.07, 6.45) is 104. The van der Waals surface area contributed by atoms with E-state index in [0.717, 1.165) is 51.4 Å². The number of hydrogen-bond donors (Lipinski definition) is 3. The molecule has 1 amide bonds. The Bertz CT molecular complexity index is 1460. The maximum Gasteiger partial charge on any atom is 0.305 e. The Hall–Kier alpha value is -1.92. The van der Waals surface area contributed by atoms with Crippen molar-refractivity contribution >= 4 is 11.9 Å². The van der Waals surface area contributed by atoms with Gasteiger partial charge in [-0.1, -0.05) is 423 Å². The molecule has 0 radical (unpaired) electrons. The maximum absolute atomic E-state index is 12.5. The van der Waals surface area contributed by atoms with Crippen LogP contribution in [-0.4, -0.2) is 47.4 Å². The molecule has 0 rings (SSSR count). The lowest BCUT2D eigenvalue weighted by atomic mass is 10.0. The third kappa shape index (κ3) is 75.1. The molecule has 3 N–H and O–H groups in total. The number of nitrogens with one attached hydrogen (secondary N) is 1. The van der Waals surface area contributed by atoms with E-state index in [1.165, 1.54) is 385 Å². The number of unbranched alkanes of at least 4 members (excludes halogenated alkanes) is 63. The number of aliphatic hydroxyl groups excluding tert-OH is 2. The fourth-order valence-corrected chi connectivity index (χ4v) is 13.1. The monoisotopic (exact) mass is 1260 g/mol. The summed E-state index contributed by atoms with van der Waals surface area (Å²) >= 11 is 0. The number of esters is 1. The van der Waals surface area contributed by atoms with Crippen molar-refractivity contribution in [3.63, 3.8) is 0 Å². The molecule has 0 aliphatic heterocycles. The van der Waals surface area contributed by atoms with Gasteiger partial charge in [-0.3, -0.25) is 9.59 Å². The van der Waals surface area contributed by atoms with Crippen LogP contribution in [0.2, 0.25) is 0 Å². The van der Waals surface area contributed by atoms with Crippen molar-refractivity contribution < 1.29 is 24.5 Å². The molecule has 0 aliphatic rings. The number of rotatable bonds is 78. The number of carbonyl (C=O) groups excluding carboxylic acids is 2. The molecule has 0 aliphatic carbocycles. The van der Waals surface area contributed by atoms with Gasteiger partial charge in [0.05, 0.1) is 25.4 Å². The Morgan fingerprint density at radius 2 is 0.556 bits per heavy atom. The molecule has 2 atom stereocenters. The van der Waals surface area contributed by atoms with E-state index in [9.17, 15) is 19.8 Å². The van der Waals surface area contributed by atoms with Crippen molar-refractivity contribution in [3.8, 4) is 0 Å². The number of ether oxygens (including phenoxy) is 1. The van der Waals surface area contributed by atoms with Gasteiger partial charge in [0.2, 0.25) is 5.91 Å². The molecule has 0 fully saturated rings. The number of aliphatic hydroxyl groups is 2. The summed E-state index contributed by atoms with van der Waals surface area (Å²) in [4.78, 5) is 24.7. The van der Waals surface area contributed by atoms with Gasteiger partial charge in [-0.05, 0) is 64.2 Å². The predicted molar refractivity (Wildman–Crippen MR) is 398 cm³/mol. The summed E-state index contributed by atoms with van der Waals surface area (Å²) in [5.41, 5.74) is 0. The van der Waals surface area contributed by atoms with Crippen LogP contribution in [0.5, 0.6) is 0 Å². The summed E-state index contributed by atoms with van der Waals surface area (Å²) in [5, 5.41) is 23.3. The SMILES string of the molecule is CCCCC/C=C\C/C=C\CCCCCCCCCCCC(=O)OCCCCCCCCCCCCCCCCCCCCCCCCCCCCCCCCCCCC(=O)NC(CO)C(O)/C=C/CCCCCCCCCCCCCCCCCCCCC. The van der Waals surface area contributed by atoms with Crippen LogP contribution in [0.25, 0.3) is 0 Å². The summed E-state index contributed by atoms with van der Waals surface area (Å²) < 4.78 is 5.52. The highest BCUT2D eigenvalue weighted by Gasteiger charge is 2.18. The minimum absolute atomic E-state index is 0.0185. The molecule has 2 unspecified atom stereocenters. The van der Waals surface area contributed by atoms with E-state index in [1.54, 1.807) is 6.08 Å². The Labute approximate surface area is 564 Å². The predicted octanol–water partition coefficient (Wildman–Crippen LogP) is 27.4. The molecule has 0 aromatic heterocycles. The third-order valence-corrected chi connectivity index (χ3v) is 19.4. The molecule has 0 saturated carbocycles. The maximum atomic E-state index is 12.5. The van der Waals surface area contributed by atoms with Crippen molar-refractivity contribution in [2.24, 2.45) is 0 Å². The second-order valence-corrected chi connectivity index (χ2v) is 28.5. The molecule has 0 aromatic rings. The number of hydrogen-bond acceptors (Lipinski definition) is 5. The molecule has 0 bridgehead atoms. The number of carbonyl (C=O) groups is 2. The summed E-state index contributed by atoms with van der Waals surface area (Å²) in [6.45, 7) is 4.93. The molecule has 0 aromatic carbocycles. The van der Waals surface area contributed by atoms with Crippen LogP contribution >= 0.6 is 0 Å². The van der Waals surface area contributed by atoms with Crippen LogP contribution in [0.3, 0.4) is 0 Å². The van der Waals surface area contributed by atoms with E-state index in [2.05, 4.69) is 43.5 Å². The standard InChI is InChI=1S/C84H161NO5/c1-3-5-7-9-11-13-15-17-19-21-23-37-41-44-48-52-56-60-64-68-72-76-82(87)81(80-86)85-83(88)77-73-69-65-61-57-53-49-45-42-38-35-33-31-29-27-25-24-26-28-30-32-34-36-39-43-47-51-55-59-63-67-71-75-79-90-84(89)78-74-70-66-62-58-54-50-46-40-22-20-18-16-14-12-10-8-6-4-2/h12,14,18,20,72,76,81-82,86-87H,3-11,13,15-17,19,21-71,73-75,77-80H2,1-2H3,(H,85,88)/b14-12-,20-18-,76-72+. The second kappa shape index (κ2) is 79.5. The Balaban J connectivity index is 3.33. The van der Waals surface area contributed by atoms with E-state index < -0.39 is 12.1 Å². The molecular weight excluding hydrogens is 1100 g/mol. The van der Waals surface area contributed by atoms with Crippen LogP contribution in [-0.2, 0) is 14.3 Å². The van der Waals surface area contributed by atoms with Crippen molar-refractivity contribution in [1.29, 1.82) is 0 Å². The van der Waals surface area contributed by atoms with Crippen LogP contribution in [0.15, 0.2) is 36.5 Å². The smallest absolute Gasteiger partial charge is 0.305 e. The van der Waals surface area contributed by atoms with E-state index in [-0.39, 0.29) is 18.5 Å². The van der Waals surface area contributed by atoms with Gasteiger partial charge in [-0.2, -0.15) is 0 Å².